The van der Waals surface area contributed by atoms with Crippen molar-refractivity contribution in [2.75, 3.05) is 10.5 Å². The van der Waals surface area contributed by atoms with E-state index in [4.69, 9.17) is 4.98 Å². The Kier molecular flexibility index (Phi) is 5.78. The fraction of sp³-hybridized carbons (Fsp3) is 0.417. The number of Topliss-reactive ketones (excluding diaryl/α,β-unsaturated/α-hetero) is 1. The van der Waals surface area contributed by atoms with E-state index in [0.717, 1.165) is 52.9 Å². The molecule has 0 spiro atoms. The Morgan fingerprint density at radius 3 is 2.70 bits per heavy atom. The van der Waals surface area contributed by atoms with Gasteiger partial charge >= 0.3 is 0 Å². The summed E-state index contributed by atoms with van der Waals surface area (Å²) in [7, 11) is -3.34. The Morgan fingerprint density at radius 1 is 1.20 bits per heavy atom. The van der Waals surface area contributed by atoms with Gasteiger partial charge in [-0.25, -0.2) is 8.42 Å². The standard InChI is InChI=1S/C24H28N2O3S/c1-3-12-30(28,29)26-22-11-10-18(13-16(22)4-2)21-14-19(15-24(27)17-8-9-17)25-23-7-5-6-20(21)23/h5-6,10-11,13-14,17,26H,3-4,7-9,12,15H2,1-2H3. The molecule has 6 heteroatoms. The number of sulfonamides is 1. The smallest absolute Gasteiger partial charge is 0.232 e. The molecule has 0 radical (unpaired) electrons. The minimum absolute atomic E-state index is 0.110. The number of carbonyl (C=O) groups is 1. The molecular weight excluding hydrogens is 396 g/mol. The lowest BCUT2D eigenvalue weighted by Crippen LogP contribution is -2.17. The zero-order valence-electron chi connectivity index (χ0n) is 17.6. The average Bonchev–Trinajstić information content (AvgIpc) is 3.45. The van der Waals surface area contributed by atoms with Crippen LogP contribution in [0.25, 0.3) is 17.2 Å². The van der Waals surface area contributed by atoms with Crippen LogP contribution in [0, 0.1) is 5.92 Å². The highest BCUT2D eigenvalue weighted by Gasteiger charge is 2.30. The van der Waals surface area contributed by atoms with Crippen molar-refractivity contribution >= 4 is 27.6 Å². The van der Waals surface area contributed by atoms with Gasteiger partial charge in [0.05, 0.1) is 17.1 Å². The first-order chi connectivity index (χ1) is 14.4. The Hall–Kier alpha value is -2.47. The molecule has 0 amide bonds. The van der Waals surface area contributed by atoms with Crippen LogP contribution in [0.1, 0.15) is 55.6 Å². The van der Waals surface area contributed by atoms with Gasteiger partial charge in [-0.1, -0.05) is 32.1 Å². The third-order valence-corrected chi connectivity index (χ3v) is 7.19. The normalized spacial score (nSPS) is 15.3. The van der Waals surface area contributed by atoms with Crippen molar-refractivity contribution < 1.29 is 13.2 Å². The Morgan fingerprint density at radius 2 is 2.00 bits per heavy atom. The van der Waals surface area contributed by atoms with Gasteiger partial charge in [-0.3, -0.25) is 14.5 Å². The SMILES string of the molecule is CCCS(=O)(=O)Nc1ccc(-c2cc(CC(=O)C3CC3)nc3c2C=CC3)cc1CC. The molecule has 158 valence electrons. The number of ketones is 1. The first-order valence-corrected chi connectivity index (χ1v) is 12.4. The molecule has 0 saturated heterocycles. The van der Waals surface area contributed by atoms with E-state index >= 15 is 0 Å². The van der Waals surface area contributed by atoms with Crippen molar-refractivity contribution in [1.29, 1.82) is 0 Å². The lowest BCUT2D eigenvalue weighted by molar-refractivity contribution is -0.119. The van der Waals surface area contributed by atoms with E-state index in [-0.39, 0.29) is 17.5 Å². The van der Waals surface area contributed by atoms with E-state index in [1.807, 2.05) is 32.0 Å². The summed E-state index contributed by atoms with van der Waals surface area (Å²) in [5.74, 6) is 0.622. The fourth-order valence-electron chi connectivity index (χ4n) is 3.99. The highest BCUT2D eigenvalue weighted by atomic mass is 32.2. The van der Waals surface area contributed by atoms with Crippen LogP contribution in [0.15, 0.2) is 30.3 Å². The van der Waals surface area contributed by atoms with Crippen molar-refractivity contribution in [2.45, 2.75) is 52.4 Å². The van der Waals surface area contributed by atoms with Crippen LogP contribution in [0.2, 0.25) is 0 Å². The van der Waals surface area contributed by atoms with Crippen LogP contribution in [0.3, 0.4) is 0 Å². The van der Waals surface area contributed by atoms with Gasteiger partial charge in [0, 0.05) is 30.0 Å². The number of rotatable bonds is 9. The van der Waals surface area contributed by atoms with Gasteiger partial charge in [0.25, 0.3) is 0 Å². The summed E-state index contributed by atoms with van der Waals surface area (Å²) < 4.78 is 27.2. The van der Waals surface area contributed by atoms with Crippen molar-refractivity contribution in [2.24, 2.45) is 5.92 Å². The maximum absolute atomic E-state index is 12.3. The van der Waals surface area contributed by atoms with E-state index in [1.54, 1.807) is 0 Å². The molecule has 1 aromatic carbocycles. The van der Waals surface area contributed by atoms with Gasteiger partial charge in [-0.2, -0.15) is 0 Å². The van der Waals surface area contributed by atoms with Crippen LogP contribution in [0.5, 0.6) is 0 Å². The van der Waals surface area contributed by atoms with Gasteiger partial charge in [0.15, 0.2) is 0 Å². The molecule has 4 rings (SSSR count). The number of hydrogen-bond acceptors (Lipinski definition) is 4. The summed E-state index contributed by atoms with van der Waals surface area (Å²) in [6, 6.07) is 7.89. The predicted molar refractivity (Wildman–Crippen MR) is 121 cm³/mol. The molecule has 2 aliphatic carbocycles. The summed E-state index contributed by atoms with van der Waals surface area (Å²) in [5, 5.41) is 0. The molecule has 30 heavy (non-hydrogen) atoms. The minimum atomic E-state index is -3.34. The minimum Gasteiger partial charge on any atom is -0.299 e. The molecule has 0 atom stereocenters. The molecule has 2 aliphatic rings. The van der Waals surface area contributed by atoms with Crippen molar-refractivity contribution in [3.05, 3.63) is 52.9 Å². The molecule has 1 N–H and O–H groups in total. The van der Waals surface area contributed by atoms with E-state index in [1.165, 1.54) is 0 Å². The summed E-state index contributed by atoms with van der Waals surface area (Å²) in [6.07, 6.45) is 8.67. The quantitative estimate of drug-likeness (QED) is 0.640. The van der Waals surface area contributed by atoms with Crippen LogP contribution in [0.4, 0.5) is 5.69 Å². The monoisotopic (exact) mass is 424 g/mol. The first kappa shape index (κ1) is 20.8. The fourth-order valence-corrected chi connectivity index (χ4v) is 5.17. The molecule has 0 bridgehead atoms. The van der Waals surface area contributed by atoms with Crippen LogP contribution in [-0.4, -0.2) is 24.9 Å². The molecule has 5 nitrogen and oxygen atoms in total. The first-order valence-electron chi connectivity index (χ1n) is 10.8. The zero-order chi connectivity index (χ0) is 21.3. The third kappa shape index (κ3) is 4.48. The largest absolute Gasteiger partial charge is 0.299 e. The van der Waals surface area contributed by atoms with E-state index in [0.29, 0.717) is 24.9 Å². The molecule has 1 fully saturated rings. The maximum Gasteiger partial charge on any atom is 0.232 e. The lowest BCUT2D eigenvalue weighted by Gasteiger charge is -2.15. The summed E-state index contributed by atoms with van der Waals surface area (Å²) in [5.41, 5.74) is 6.61. The van der Waals surface area contributed by atoms with Crippen LogP contribution < -0.4 is 4.72 Å². The number of aryl methyl sites for hydroxylation is 1. The van der Waals surface area contributed by atoms with E-state index in [9.17, 15) is 13.2 Å². The van der Waals surface area contributed by atoms with Gasteiger partial charge in [0.2, 0.25) is 10.0 Å². The number of carbonyl (C=O) groups excluding carboxylic acids is 1. The zero-order valence-corrected chi connectivity index (χ0v) is 18.4. The highest BCUT2D eigenvalue weighted by molar-refractivity contribution is 7.92. The van der Waals surface area contributed by atoms with E-state index < -0.39 is 10.0 Å². The van der Waals surface area contributed by atoms with Crippen molar-refractivity contribution in [3.63, 3.8) is 0 Å². The van der Waals surface area contributed by atoms with Crippen molar-refractivity contribution in [1.82, 2.24) is 4.98 Å². The molecule has 0 aliphatic heterocycles. The second-order valence-corrected chi connectivity index (χ2v) is 10.0. The summed E-state index contributed by atoms with van der Waals surface area (Å²) >= 11 is 0. The molecule has 1 aromatic heterocycles. The number of anilines is 1. The predicted octanol–water partition coefficient (Wildman–Crippen LogP) is 4.55. The Balaban J connectivity index is 1.70. The molecule has 1 heterocycles. The van der Waals surface area contributed by atoms with Gasteiger partial charge < -0.3 is 0 Å². The van der Waals surface area contributed by atoms with Gasteiger partial charge in [-0.05, 0) is 60.6 Å². The topological polar surface area (TPSA) is 76.1 Å². The third-order valence-electron chi connectivity index (χ3n) is 5.71. The van der Waals surface area contributed by atoms with E-state index in [2.05, 4.69) is 22.9 Å². The molecule has 2 aromatic rings. The maximum atomic E-state index is 12.3. The number of nitrogens with one attached hydrogen (secondary N) is 1. The number of pyridine rings is 1. The number of nitrogens with zero attached hydrogens (tertiary/aromatic N) is 1. The molecule has 0 unspecified atom stereocenters. The Bertz CT molecular complexity index is 1120. The summed E-state index contributed by atoms with van der Waals surface area (Å²) in [6.45, 7) is 3.87. The number of allylic oxidation sites excluding steroid dienone is 1. The Labute approximate surface area is 178 Å². The second-order valence-electron chi connectivity index (χ2n) is 8.19. The van der Waals surface area contributed by atoms with Crippen molar-refractivity contribution in [3.8, 4) is 11.1 Å². The van der Waals surface area contributed by atoms with Crippen LogP contribution >= 0.6 is 0 Å². The van der Waals surface area contributed by atoms with Gasteiger partial charge in [0.1, 0.15) is 5.78 Å². The number of fused-ring (bicyclic) bond motifs is 1. The van der Waals surface area contributed by atoms with Crippen LogP contribution in [-0.2, 0) is 34.1 Å². The average molecular weight is 425 g/mol. The highest BCUT2D eigenvalue weighted by Crippen LogP contribution is 2.35. The van der Waals surface area contributed by atoms with Gasteiger partial charge in [-0.15, -0.1) is 0 Å². The molecular formula is C24H28N2O3S. The summed E-state index contributed by atoms with van der Waals surface area (Å²) in [4.78, 5) is 17.1. The number of benzene rings is 1. The number of aromatic nitrogens is 1. The number of hydrogen-bond donors (Lipinski definition) is 1. The molecule has 1 saturated carbocycles. The lowest BCUT2D eigenvalue weighted by atomic mass is 9.95. The second kappa shape index (κ2) is 8.34.